The lowest BCUT2D eigenvalue weighted by atomic mass is 10.2. The van der Waals surface area contributed by atoms with E-state index < -0.39 is 0 Å². The predicted molar refractivity (Wildman–Crippen MR) is 60.3 cm³/mol. The number of pyridine rings is 1. The quantitative estimate of drug-likeness (QED) is 0.792. The molecule has 0 saturated carbocycles. The van der Waals surface area contributed by atoms with Gasteiger partial charge in [0.05, 0.1) is 11.4 Å². The summed E-state index contributed by atoms with van der Waals surface area (Å²) in [5, 5.41) is 0. The van der Waals surface area contributed by atoms with Crippen molar-refractivity contribution in [2.75, 3.05) is 11.9 Å². The second-order valence-corrected chi connectivity index (χ2v) is 3.54. The van der Waals surface area contributed by atoms with Crippen molar-refractivity contribution in [3.8, 4) is 0 Å². The highest BCUT2D eigenvalue weighted by Crippen LogP contribution is 2.19. The molecule has 0 bridgehead atoms. The van der Waals surface area contributed by atoms with Gasteiger partial charge >= 0.3 is 0 Å². The van der Waals surface area contributed by atoms with Crippen LogP contribution in [-0.2, 0) is 6.54 Å². The van der Waals surface area contributed by atoms with Crippen molar-refractivity contribution in [3.05, 3.63) is 24.0 Å². The fraction of sp³-hybridized carbons (Fsp3) is 0.545. The summed E-state index contributed by atoms with van der Waals surface area (Å²) in [7, 11) is 2.09. The molecule has 0 aliphatic rings. The molecule has 1 aromatic heterocycles. The summed E-state index contributed by atoms with van der Waals surface area (Å²) < 4.78 is 0. The number of hydrogen-bond donors (Lipinski definition) is 1. The van der Waals surface area contributed by atoms with Gasteiger partial charge in [-0.3, -0.25) is 4.98 Å². The first kappa shape index (κ1) is 11.0. The molecule has 14 heavy (non-hydrogen) atoms. The van der Waals surface area contributed by atoms with Crippen molar-refractivity contribution in [1.82, 2.24) is 4.98 Å². The van der Waals surface area contributed by atoms with E-state index in [0.717, 1.165) is 17.8 Å². The normalized spacial score (nSPS) is 12.6. The monoisotopic (exact) mass is 193 g/mol. The third-order valence-electron chi connectivity index (χ3n) is 2.69. The first-order valence-corrected chi connectivity index (χ1v) is 5.07. The molecule has 1 unspecified atom stereocenters. The van der Waals surface area contributed by atoms with Crippen LogP contribution >= 0.6 is 0 Å². The minimum Gasteiger partial charge on any atom is -0.370 e. The Morgan fingerprint density at radius 1 is 1.57 bits per heavy atom. The van der Waals surface area contributed by atoms with Crippen LogP contribution in [0.4, 0.5) is 5.69 Å². The molecule has 2 N–H and O–H groups in total. The van der Waals surface area contributed by atoms with Gasteiger partial charge in [0.2, 0.25) is 0 Å². The van der Waals surface area contributed by atoms with E-state index in [0.29, 0.717) is 12.6 Å². The molecule has 78 valence electrons. The maximum Gasteiger partial charge on any atom is 0.0772 e. The van der Waals surface area contributed by atoms with Gasteiger partial charge in [0.1, 0.15) is 0 Å². The van der Waals surface area contributed by atoms with Crippen LogP contribution in [0.15, 0.2) is 18.3 Å². The van der Waals surface area contributed by atoms with Crippen LogP contribution < -0.4 is 10.6 Å². The number of nitrogens with zero attached hydrogens (tertiary/aromatic N) is 2. The summed E-state index contributed by atoms with van der Waals surface area (Å²) in [6, 6.07) is 4.54. The fourth-order valence-electron chi connectivity index (χ4n) is 1.42. The molecule has 0 saturated heterocycles. The van der Waals surface area contributed by atoms with Gasteiger partial charge in [0.15, 0.2) is 0 Å². The summed E-state index contributed by atoms with van der Waals surface area (Å²) in [6.07, 6.45) is 2.91. The Bertz CT molecular complexity index is 286. The Morgan fingerprint density at radius 2 is 2.29 bits per heavy atom. The van der Waals surface area contributed by atoms with E-state index in [2.05, 4.69) is 36.8 Å². The third kappa shape index (κ3) is 2.23. The molecule has 1 rings (SSSR count). The zero-order valence-electron chi connectivity index (χ0n) is 9.20. The molecular formula is C11H19N3. The molecular weight excluding hydrogens is 174 g/mol. The van der Waals surface area contributed by atoms with Gasteiger partial charge in [-0.25, -0.2) is 0 Å². The lowest BCUT2D eigenvalue weighted by molar-refractivity contribution is 0.659. The summed E-state index contributed by atoms with van der Waals surface area (Å²) >= 11 is 0. The highest BCUT2D eigenvalue weighted by molar-refractivity contribution is 5.50. The lowest BCUT2D eigenvalue weighted by Gasteiger charge is -2.27. The molecule has 1 aromatic rings. The van der Waals surface area contributed by atoms with Crippen molar-refractivity contribution in [3.63, 3.8) is 0 Å². The molecule has 0 spiro atoms. The number of nitrogens with two attached hydrogens (primary N) is 1. The van der Waals surface area contributed by atoms with Gasteiger partial charge in [-0.2, -0.15) is 0 Å². The maximum absolute atomic E-state index is 5.64. The van der Waals surface area contributed by atoms with Crippen LogP contribution in [-0.4, -0.2) is 18.1 Å². The minimum absolute atomic E-state index is 0.497. The maximum atomic E-state index is 5.64. The molecule has 0 aromatic carbocycles. The summed E-state index contributed by atoms with van der Waals surface area (Å²) in [6.45, 7) is 4.88. The molecule has 3 heteroatoms. The largest absolute Gasteiger partial charge is 0.370 e. The van der Waals surface area contributed by atoms with Crippen LogP contribution in [0.5, 0.6) is 0 Å². The standard InChI is InChI=1S/C11H19N3/c1-4-9(2)14(3)11-6-5-7-13-10(11)8-12/h5-7,9H,4,8,12H2,1-3H3. The molecule has 0 radical (unpaired) electrons. The van der Waals surface area contributed by atoms with E-state index in [1.165, 1.54) is 0 Å². The Labute approximate surface area is 85.9 Å². The van der Waals surface area contributed by atoms with E-state index >= 15 is 0 Å². The number of hydrogen-bond acceptors (Lipinski definition) is 3. The minimum atomic E-state index is 0.497. The summed E-state index contributed by atoms with van der Waals surface area (Å²) in [5.74, 6) is 0. The average Bonchev–Trinajstić information content (AvgIpc) is 2.26. The molecule has 1 heterocycles. The molecule has 0 aliphatic carbocycles. The van der Waals surface area contributed by atoms with Gasteiger partial charge in [-0.05, 0) is 25.5 Å². The van der Waals surface area contributed by atoms with Crippen LogP contribution in [0, 0.1) is 0 Å². The van der Waals surface area contributed by atoms with Crippen LogP contribution in [0.2, 0.25) is 0 Å². The van der Waals surface area contributed by atoms with Gasteiger partial charge < -0.3 is 10.6 Å². The second-order valence-electron chi connectivity index (χ2n) is 3.54. The van der Waals surface area contributed by atoms with Gasteiger partial charge in [0.25, 0.3) is 0 Å². The van der Waals surface area contributed by atoms with E-state index in [1.807, 2.05) is 6.07 Å². The molecule has 3 nitrogen and oxygen atoms in total. The Morgan fingerprint density at radius 3 is 2.86 bits per heavy atom. The van der Waals surface area contributed by atoms with Crippen LogP contribution in [0.1, 0.15) is 26.0 Å². The summed E-state index contributed by atoms with van der Waals surface area (Å²) in [4.78, 5) is 6.50. The first-order chi connectivity index (χ1) is 6.70. The second kappa shape index (κ2) is 4.96. The van der Waals surface area contributed by atoms with E-state index in [-0.39, 0.29) is 0 Å². The van der Waals surface area contributed by atoms with Crippen LogP contribution in [0.25, 0.3) is 0 Å². The first-order valence-electron chi connectivity index (χ1n) is 5.07. The van der Waals surface area contributed by atoms with Gasteiger partial charge in [-0.15, -0.1) is 0 Å². The zero-order chi connectivity index (χ0) is 10.6. The molecule has 0 aliphatic heterocycles. The molecule has 1 atom stereocenters. The van der Waals surface area contributed by atoms with Gasteiger partial charge in [0, 0.05) is 25.8 Å². The predicted octanol–water partition coefficient (Wildman–Crippen LogP) is 1.77. The third-order valence-corrected chi connectivity index (χ3v) is 2.69. The van der Waals surface area contributed by atoms with E-state index in [9.17, 15) is 0 Å². The Kier molecular flexibility index (Phi) is 3.89. The highest BCUT2D eigenvalue weighted by atomic mass is 15.1. The number of anilines is 1. The topological polar surface area (TPSA) is 42.2 Å². The highest BCUT2D eigenvalue weighted by Gasteiger charge is 2.11. The fourth-order valence-corrected chi connectivity index (χ4v) is 1.42. The Balaban J connectivity index is 2.93. The van der Waals surface area contributed by atoms with Crippen molar-refractivity contribution >= 4 is 5.69 Å². The van der Waals surface area contributed by atoms with Crippen LogP contribution in [0.3, 0.4) is 0 Å². The van der Waals surface area contributed by atoms with Crippen molar-refractivity contribution in [1.29, 1.82) is 0 Å². The van der Waals surface area contributed by atoms with Crippen molar-refractivity contribution in [2.45, 2.75) is 32.9 Å². The zero-order valence-corrected chi connectivity index (χ0v) is 9.20. The summed E-state index contributed by atoms with van der Waals surface area (Å²) in [5.41, 5.74) is 7.75. The smallest absolute Gasteiger partial charge is 0.0772 e. The van der Waals surface area contributed by atoms with E-state index in [1.54, 1.807) is 6.20 Å². The van der Waals surface area contributed by atoms with E-state index in [4.69, 9.17) is 5.73 Å². The lowest BCUT2D eigenvalue weighted by Crippen LogP contribution is -2.29. The molecule has 0 fully saturated rings. The average molecular weight is 193 g/mol. The number of aromatic nitrogens is 1. The van der Waals surface area contributed by atoms with Gasteiger partial charge in [-0.1, -0.05) is 6.92 Å². The van der Waals surface area contributed by atoms with Crippen molar-refractivity contribution < 1.29 is 0 Å². The van der Waals surface area contributed by atoms with Crippen molar-refractivity contribution in [2.24, 2.45) is 5.73 Å². The number of rotatable bonds is 4. The SMILES string of the molecule is CCC(C)N(C)c1cccnc1CN. The Hall–Kier alpha value is -1.09. The molecule has 0 amide bonds.